The summed E-state index contributed by atoms with van der Waals surface area (Å²) in [4.78, 5) is 8.22. The highest BCUT2D eigenvalue weighted by Crippen LogP contribution is 2.23. The molecule has 1 aromatic rings. The molecule has 14 heavy (non-hydrogen) atoms. The van der Waals surface area contributed by atoms with Gasteiger partial charge in [0.15, 0.2) is 5.82 Å². The summed E-state index contributed by atoms with van der Waals surface area (Å²) < 4.78 is 13.4. The third-order valence-corrected chi connectivity index (χ3v) is 1.99. The van der Waals surface area contributed by atoms with Crippen molar-refractivity contribution in [3.8, 4) is 0 Å². The fourth-order valence-corrected chi connectivity index (χ4v) is 1.18. The van der Waals surface area contributed by atoms with E-state index in [0.29, 0.717) is 11.5 Å². The van der Waals surface area contributed by atoms with Crippen LogP contribution in [0, 0.1) is 5.82 Å². The lowest BCUT2D eigenvalue weighted by Crippen LogP contribution is -2.18. The maximum Gasteiger partial charge on any atom is 0.163 e. The maximum atomic E-state index is 13.4. The second-order valence-electron chi connectivity index (χ2n) is 4.83. The summed E-state index contributed by atoms with van der Waals surface area (Å²) in [6.07, 6.45) is 1.27. The van der Waals surface area contributed by atoms with Crippen LogP contribution in [0.5, 0.6) is 0 Å². The predicted molar refractivity (Wildman–Crippen MR) is 54.8 cm³/mol. The molecule has 0 radical (unpaired) electrons. The van der Waals surface area contributed by atoms with Crippen LogP contribution in [0.2, 0.25) is 0 Å². The zero-order valence-electron chi connectivity index (χ0n) is 9.43. The molecule has 0 aromatic carbocycles. The average molecular weight is 196 g/mol. The highest BCUT2D eigenvalue weighted by molar-refractivity contribution is 5.15. The van der Waals surface area contributed by atoms with E-state index in [2.05, 4.69) is 9.97 Å². The van der Waals surface area contributed by atoms with E-state index >= 15 is 0 Å². The van der Waals surface area contributed by atoms with Gasteiger partial charge in [0.2, 0.25) is 0 Å². The van der Waals surface area contributed by atoms with Crippen LogP contribution in [-0.4, -0.2) is 9.97 Å². The van der Waals surface area contributed by atoms with Crippen molar-refractivity contribution in [3.63, 3.8) is 0 Å². The molecular weight excluding hydrogens is 179 g/mol. The van der Waals surface area contributed by atoms with Crippen molar-refractivity contribution in [1.29, 1.82) is 0 Å². The van der Waals surface area contributed by atoms with Gasteiger partial charge in [-0.25, -0.2) is 14.4 Å². The Labute approximate surface area is 84.6 Å². The van der Waals surface area contributed by atoms with Gasteiger partial charge in [0.1, 0.15) is 5.82 Å². The second kappa shape index (κ2) is 3.64. The van der Waals surface area contributed by atoms with Gasteiger partial charge in [-0.15, -0.1) is 0 Å². The zero-order chi connectivity index (χ0) is 10.9. The van der Waals surface area contributed by atoms with E-state index in [1.165, 1.54) is 6.20 Å². The molecule has 3 heteroatoms. The van der Waals surface area contributed by atoms with Crippen LogP contribution in [0.3, 0.4) is 0 Å². The van der Waals surface area contributed by atoms with Gasteiger partial charge >= 0.3 is 0 Å². The molecule has 0 aliphatic carbocycles. The summed E-state index contributed by atoms with van der Waals surface area (Å²) in [6.45, 7) is 9.84. The second-order valence-corrected chi connectivity index (χ2v) is 4.83. The Hall–Kier alpha value is -0.990. The van der Waals surface area contributed by atoms with E-state index in [9.17, 15) is 4.39 Å². The van der Waals surface area contributed by atoms with Gasteiger partial charge in [-0.3, -0.25) is 0 Å². The molecule has 0 saturated carbocycles. The Morgan fingerprint density at radius 1 is 1.29 bits per heavy atom. The minimum absolute atomic E-state index is 0.233. The molecule has 0 aliphatic rings. The van der Waals surface area contributed by atoms with Crippen molar-refractivity contribution >= 4 is 0 Å². The van der Waals surface area contributed by atoms with Gasteiger partial charge in [0.25, 0.3) is 0 Å². The molecule has 1 heterocycles. The van der Waals surface area contributed by atoms with Crippen molar-refractivity contribution < 1.29 is 4.39 Å². The quantitative estimate of drug-likeness (QED) is 0.690. The molecule has 0 atom stereocenters. The Bertz CT molecular complexity index is 327. The summed E-state index contributed by atoms with van der Waals surface area (Å²) in [5.74, 6) is 0.620. The molecular formula is C11H17FN2. The van der Waals surface area contributed by atoms with E-state index in [0.717, 1.165) is 0 Å². The Balaban J connectivity index is 3.22. The first-order chi connectivity index (χ1) is 6.32. The van der Waals surface area contributed by atoms with E-state index in [4.69, 9.17) is 0 Å². The highest BCUT2D eigenvalue weighted by atomic mass is 19.1. The molecule has 0 spiro atoms. The van der Waals surface area contributed by atoms with Gasteiger partial charge in [-0.2, -0.15) is 0 Å². The Morgan fingerprint density at radius 3 is 2.29 bits per heavy atom. The molecule has 0 saturated heterocycles. The fraction of sp³-hybridized carbons (Fsp3) is 0.636. The monoisotopic (exact) mass is 196 g/mol. The van der Waals surface area contributed by atoms with Crippen molar-refractivity contribution in [2.45, 2.75) is 46.0 Å². The minimum atomic E-state index is -0.318. The number of halogens is 1. The molecule has 78 valence electrons. The van der Waals surface area contributed by atoms with Crippen LogP contribution in [0.4, 0.5) is 4.39 Å². The van der Waals surface area contributed by atoms with Crippen molar-refractivity contribution in [1.82, 2.24) is 9.97 Å². The summed E-state index contributed by atoms with van der Waals surface area (Å²) in [7, 11) is 0. The first-order valence-electron chi connectivity index (χ1n) is 4.85. The lowest BCUT2D eigenvalue weighted by molar-refractivity contribution is 0.490. The lowest BCUT2D eigenvalue weighted by atomic mass is 9.91. The SMILES string of the molecule is CC(C)c1ncc(F)c(C(C)(C)C)n1. The van der Waals surface area contributed by atoms with Gasteiger partial charge in [0, 0.05) is 11.3 Å². The van der Waals surface area contributed by atoms with Crippen molar-refractivity contribution in [2.75, 3.05) is 0 Å². The largest absolute Gasteiger partial charge is 0.238 e. The standard InChI is InChI=1S/C11H17FN2/c1-7(2)10-13-6-8(12)9(14-10)11(3,4)5/h6-7H,1-5H3. The van der Waals surface area contributed by atoms with E-state index in [-0.39, 0.29) is 17.2 Å². The number of aromatic nitrogens is 2. The average Bonchev–Trinajstić information content (AvgIpc) is 2.02. The summed E-state index contributed by atoms with van der Waals surface area (Å²) in [5.41, 5.74) is 0.229. The van der Waals surface area contributed by atoms with Crippen molar-refractivity contribution in [3.05, 3.63) is 23.5 Å². The number of hydrogen-bond donors (Lipinski definition) is 0. The first kappa shape index (κ1) is 11.1. The van der Waals surface area contributed by atoms with Crippen LogP contribution in [0.15, 0.2) is 6.20 Å². The highest BCUT2D eigenvalue weighted by Gasteiger charge is 2.21. The molecule has 1 rings (SSSR count). The molecule has 0 fully saturated rings. The number of hydrogen-bond acceptors (Lipinski definition) is 2. The minimum Gasteiger partial charge on any atom is -0.238 e. The zero-order valence-corrected chi connectivity index (χ0v) is 9.43. The molecule has 0 bridgehead atoms. The molecule has 0 unspecified atom stereocenters. The lowest BCUT2D eigenvalue weighted by Gasteiger charge is -2.19. The van der Waals surface area contributed by atoms with E-state index < -0.39 is 0 Å². The topological polar surface area (TPSA) is 25.8 Å². The smallest absolute Gasteiger partial charge is 0.163 e. The molecule has 2 nitrogen and oxygen atoms in total. The van der Waals surface area contributed by atoms with Gasteiger partial charge in [-0.05, 0) is 0 Å². The summed E-state index contributed by atoms with van der Waals surface area (Å²) in [5, 5.41) is 0. The summed E-state index contributed by atoms with van der Waals surface area (Å²) >= 11 is 0. The van der Waals surface area contributed by atoms with E-state index in [1.807, 2.05) is 34.6 Å². The van der Waals surface area contributed by atoms with E-state index in [1.54, 1.807) is 0 Å². The Morgan fingerprint density at radius 2 is 1.86 bits per heavy atom. The Kier molecular flexibility index (Phi) is 2.88. The van der Waals surface area contributed by atoms with Gasteiger partial charge < -0.3 is 0 Å². The summed E-state index contributed by atoms with van der Waals surface area (Å²) in [6, 6.07) is 0. The fourth-order valence-electron chi connectivity index (χ4n) is 1.18. The molecule has 0 N–H and O–H groups in total. The van der Waals surface area contributed by atoms with Crippen LogP contribution in [0.1, 0.15) is 52.1 Å². The molecule has 0 amide bonds. The van der Waals surface area contributed by atoms with Crippen LogP contribution < -0.4 is 0 Å². The normalized spacial score (nSPS) is 12.2. The van der Waals surface area contributed by atoms with Gasteiger partial charge in [-0.1, -0.05) is 34.6 Å². The first-order valence-corrected chi connectivity index (χ1v) is 4.85. The maximum absolute atomic E-state index is 13.4. The van der Waals surface area contributed by atoms with Crippen molar-refractivity contribution in [2.24, 2.45) is 0 Å². The third kappa shape index (κ3) is 2.28. The number of nitrogens with zero attached hydrogens (tertiary/aromatic N) is 2. The van der Waals surface area contributed by atoms with Crippen LogP contribution >= 0.6 is 0 Å². The number of rotatable bonds is 1. The van der Waals surface area contributed by atoms with Crippen LogP contribution in [-0.2, 0) is 5.41 Å². The third-order valence-electron chi connectivity index (χ3n) is 1.99. The molecule has 1 aromatic heterocycles. The molecule has 0 aliphatic heterocycles. The van der Waals surface area contributed by atoms with Gasteiger partial charge in [0.05, 0.1) is 11.9 Å². The van der Waals surface area contributed by atoms with Crippen LogP contribution in [0.25, 0.3) is 0 Å². The predicted octanol–water partition coefficient (Wildman–Crippen LogP) is 3.04.